The molecular weight excluding hydrogens is 189 g/mol. The SMILES string of the molecule is Cc1ccc(NCCCF)c(Cl)c1. The molecule has 0 saturated heterocycles. The second-order valence-electron chi connectivity index (χ2n) is 2.95. The molecule has 1 nitrogen and oxygen atoms in total. The molecule has 3 heteroatoms. The molecule has 0 atom stereocenters. The normalized spacial score (nSPS) is 10.1. The quantitative estimate of drug-likeness (QED) is 0.737. The third-order valence-corrected chi connectivity index (χ3v) is 2.06. The number of aryl methyl sites for hydroxylation is 1. The van der Waals surface area contributed by atoms with Crippen LogP contribution in [0, 0.1) is 6.92 Å². The number of anilines is 1. The van der Waals surface area contributed by atoms with Crippen LogP contribution >= 0.6 is 11.6 Å². The summed E-state index contributed by atoms with van der Waals surface area (Å²) < 4.78 is 11.8. The molecule has 0 radical (unpaired) electrons. The summed E-state index contributed by atoms with van der Waals surface area (Å²) in [4.78, 5) is 0. The van der Waals surface area contributed by atoms with Crippen molar-refractivity contribution in [3.63, 3.8) is 0 Å². The molecule has 0 aromatic heterocycles. The van der Waals surface area contributed by atoms with E-state index >= 15 is 0 Å². The van der Waals surface area contributed by atoms with Crippen molar-refractivity contribution >= 4 is 17.3 Å². The lowest BCUT2D eigenvalue weighted by atomic mass is 10.2. The monoisotopic (exact) mass is 201 g/mol. The first kappa shape index (κ1) is 10.3. The minimum Gasteiger partial charge on any atom is -0.384 e. The van der Waals surface area contributed by atoms with E-state index in [-0.39, 0.29) is 6.67 Å². The summed E-state index contributed by atoms with van der Waals surface area (Å²) in [6.45, 7) is 2.31. The number of rotatable bonds is 4. The molecule has 0 fully saturated rings. The molecule has 0 aliphatic rings. The first-order chi connectivity index (χ1) is 6.24. The van der Waals surface area contributed by atoms with Crippen LogP contribution in [0.3, 0.4) is 0 Å². The molecule has 0 aliphatic heterocycles. The van der Waals surface area contributed by atoms with E-state index in [1.54, 1.807) is 0 Å². The summed E-state index contributed by atoms with van der Waals surface area (Å²) in [6.07, 6.45) is 0.518. The maximum Gasteiger partial charge on any atom is 0.0911 e. The number of hydrogen-bond donors (Lipinski definition) is 1. The molecule has 0 amide bonds. The van der Waals surface area contributed by atoms with Crippen LogP contribution in [0.2, 0.25) is 5.02 Å². The zero-order valence-corrected chi connectivity index (χ0v) is 8.37. The minimum absolute atomic E-state index is 0.295. The Bertz CT molecular complexity index is 276. The van der Waals surface area contributed by atoms with Crippen molar-refractivity contribution in [2.45, 2.75) is 13.3 Å². The molecule has 1 rings (SSSR count). The van der Waals surface area contributed by atoms with E-state index in [9.17, 15) is 4.39 Å². The number of nitrogens with one attached hydrogen (secondary N) is 1. The van der Waals surface area contributed by atoms with Gasteiger partial charge < -0.3 is 5.32 Å². The van der Waals surface area contributed by atoms with Crippen molar-refractivity contribution in [3.05, 3.63) is 28.8 Å². The number of benzene rings is 1. The summed E-state index contributed by atoms with van der Waals surface area (Å²) in [7, 11) is 0. The lowest BCUT2D eigenvalue weighted by Crippen LogP contribution is -2.02. The molecule has 1 aromatic carbocycles. The molecule has 0 spiro atoms. The average Bonchev–Trinajstić information content (AvgIpc) is 2.09. The van der Waals surface area contributed by atoms with Gasteiger partial charge in [-0.1, -0.05) is 17.7 Å². The maximum absolute atomic E-state index is 11.8. The average molecular weight is 202 g/mol. The number of hydrogen-bond acceptors (Lipinski definition) is 1. The Balaban J connectivity index is 2.56. The highest BCUT2D eigenvalue weighted by Gasteiger charge is 1.98. The van der Waals surface area contributed by atoms with Crippen LogP contribution < -0.4 is 5.32 Å². The van der Waals surface area contributed by atoms with E-state index in [1.807, 2.05) is 25.1 Å². The molecule has 0 saturated carbocycles. The fourth-order valence-corrected chi connectivity index (χ4v) is 1.36. The Morgan fingerprint density at radius 2 is 2.23 bits per heavy atom. The van der Waals surface area contributed by atoms with E-state index in [0.29, 0.717) is 18.0 Å². The first-order valence-corrected chi connectivity index (χ1v) is 4.68. The van der Waals surface area contributed by atoms with Gasteiger partial charge in [0.2, 0.25) is 0 Å². The fourth-order valence-electron chi connectivity index (χ4n) is 1.05. The predicted octanol–water partition coefficient (Wildman–Crippen LogP) is 3.42. The molecule has 1 aromatic rings. The van der Waals surface area contributed by atoms with Gasteiger partial charge in [0.1, 0.15) is 0 Å². The molecular formula is C10H13ClFN. The second kappa shape index (κ2) is 5.07. The fraction of sp³-hybridized carbons (Fsp3) is 0.400. The van der Waals surface area contributed by atoms with E-state index in [0.717, 1.165) is 11.3 Å². The largest absolute Gasteiger partial charge is 0.384 e. The minimum atomic E-state index is -0.295. The number of halogens is 2. The van der Waals surface area contributed by atoms with Crippen molar-refractivity contribution in [2.75, 3.05) is 18.5 Å². The third kappa shape index (κ3) is 3.23. The van der Waals surface area contributed by atoms with Gasteiger partial charge >= 0.3 is 0 Å². The Kier molecular flexibility index (Phi) is 4.03. The second-order valence-corrected chi connectivity index (χ2v) is 3.36. The summed E-state index contributed by atoms with van der Waals surface area (Å²) in [5.41, 5.74) is 2.00. The zero-order chi connectivity index (χ0) is 9.68. The van der Waals surface area contributed by atoms with Gasteiger partial charge in [0.25, 0.3) is 0 Å². The Morgan fingerprint density at radius 3 is 2.85 bits per heavy atom. The van der Waals surface area contributed by atoms with Crippen molar-refractivity contribution in [3.8, 4) is 0 Å². The van der Waals surface area contributed by atoms with Crippen LogP contribution in [0.1, 0.15) is 12.0 Å². The van der Waals surface area contributed by atoms with Crippen LogP contribution in [0.15, 0.2) is 18.2 Å². The summed E-state index contributed by atoms with van der Waals surface area (Å²) in [5, 5.41) is 3.76. The van der Waals surface area contributed by atoms with Crippen molar-refractivity contribution in [1.29, 1.82) is 0 Å². The molecule has 72 valence electrons. The van der Waals surface area contributed by atoms with Crippen LogP contribution in [0.25, 0.3) is 0 Å². The molecule has 0 aliphatic carbocycles. The summed E-state index contributed by atoms with van der Waals surface area (Å²) >= 11 is 5.95. The molecule has 0 bridgehead atoms. The number of alkyl halides is 1. The first-order valence-electron chi connectivity index (χ1n) is 4.30. The van der Waals surface area contributed by atoms with Gasteiger partial charge in [0.05, 0.1) is 17.4 Å². The maximum atomic E-state index is 11.8. The molecule has 0 heterocycles. The molecule has 13 heavy (non-hydrogen) atoms. The van der Waals surface area contributed by atoms with Crippen molar-refractivity contribution < 1.29 is 4.39 Å². The van der Waals surface area contributed by atoms with Crippen LogP contribution in [0.4, 0.5) is 10.1 Å². The van der Waals surface area contributed by atoms with Crippen LogP contribution in [-0.4, -0.2) is 13.2 Å². The van der Waals surface area contributed by atoms with E-state index in [2.05, 4.69) is 5.32 Å². The smallest absolute Gasteiger partial charge is 0.0911 e. The highest BCUT2D eigenvalue weighted by atomic mass is 35.5. The van der Waals surface area contributed by atoms with Crippen molar-refractivity contribution in [1.82, 2.24) is 0 Å². The van der Waals surface area contributed by atoms with E-state index < -0.39 is 0 Å². The van der Waals surface area contributed by atoms with Gasteiger partial charge in [0, 0.05) is 6.54 Å². The van der Waals surface area contributed by atoms with E-state index in [1.165, 1.54) is 0 Å². The van der Waals surface area contributed by atoms with Gasteiger partial charge in [-0.05, 0) is 31.0 Å². The predicted molar refractivity (Wildman–Crippen MR) is 55.3 cm³/mol. The third-order valence-electron chi connectivity index (χ3n) is 1.75. The Morgan fingerprint density at radius 1 is 1.46 bits per heavy atom. The lowest BCUT2D eigenvalue weighted by Gasteiger charge is -2.07. The van der Waals surface area contributed by atoms with Gasteiger partial charge in [-0.15, -0.1) is 0 Å². The van der Waals surface area contributed by atoms with Crippen molar-refractivity contribution in [2.24, 2.45) is 0 Å². The zero-order valence-electron chi connectivity index (χ0n) is 7.61. The summed E-state index contributed by atoms with van der Waals surface area (Å²) in [6, 6.07) is 5.78. The van der Waals surface area contributed by atoms with Gasteiger partial charge in [-0.2, -0.15) is 0 Å². The van der Waals surface area contributed by atoms with Gasteiger partial charge in [-0.25, -0.2) is 0 Å². The highest BCUT2D eigenvalue weighted by molar-refractivity contribution is 6.33. The van der Waals surface area contributed by atoms with E-state index in [4.69, 9.17) is 11.6 Å². The molecule has 1 N–H and O–H groups in total. The van der Waals surface area contributed by atoms with Crippen LogP contribution in [-0.2, 0) is 0 Å². The standard InChI is InChI=1S/C10H13ClFN/c1-8-3-4-10(9(11)7-8)13-6-2-5-12/h3-4,7,13H,2,5-6H2,1H3. The Labute approximate surface area is 82.9 Å². The molecule has 0 unspecified atom stereocenters. The Hall–Kier alpha value is -0.760. The van der Waals surface area contributed by atoms with Crippen LogP contribution in [0.5, 0.6) is 0 Å². The van der Waals surface area contributed by atoms with Gasteiger partial charge in [0.15, 0.2) is 0 Å². The highest BCUT2D eigenvalue weighted by Crippen LogP contribution is 2.22. The lowest BCUT2D eigenvalue weighted by molar-refractivity contribution is 0.481. The van der Waals surface area contributed by atoms with Gasteiger partial charge in [-0.3, -0.25) is 4.39 Å². The topological polar surface area (TPSA) is 12.0 Å². The summed E-state index contributed by atoms with van der Waals surface area (Å²) in [5.74, 6) is 0.